The van der Waals surface area contributed by atoms with Gasteiger partial charge >= 0.3 is 17.9 Å². The Balaban J connectivity index is 4.26. The largest absolute Gasteiger partial charge is 0.462 e. The molecule has 0 aromatic heterocycles. The topological polar surface area (TPSA) is 78.9 Å². The predicted molar refractivity (Wildman–Crippen MR) is 275 cm³/mol. The van der Waals surface area contributed by atoms with E-state index in [9.17, 15) is 14.4 Å². The Morgan fingerprint density at radius 3 is 0.766 bits per heavy atom. The number of hydrogen-bond acceptors (Lipinski definition) is 6. The quantitative estimate of drug-likeness (QED) is 0.0344. The molecule has 0 saturated heterocycles. The van der Waals surface area contributed by atoms with Crippen molar-refractivity contribution in [3.05, 3.63) is 0 Å². The Bertz CT molecular complexity index is 978. The molecule has 0 aliphatic carbocycles. The number of hydrogen-bond donors (Lipinski definition) is 0. The van der Waals surface area contributed by atoms with E-state index in [2.05, 4.69) is 34.6 Å². The summed E-state index contributed by atoms with van der Waals surface area (Å²) >= 11 is 0. The number of esters is 3. The van der Waals surface area contributed by atoms with Crippen molar-refractivity contribution in [1.29, 1.82) is 0 Å². The van der Waals surface area contributed by atoms with Gasteiger partial charge in [-0.05, 0) is 31.1 Å². The molecule has 6 nitrogen and oxygen atoms in total. The number of rotatable bonds is 52. The summed E-state index contributed by atoms with van der Waals surface area (Å²) in [6.07, 6.45) is 53.8. The monoisotopic (exact) mass is 905 g/mol. The van der Waals surface area contributed by atoms with Crippen molar-refractivity contribution in [3.63, 3.8) is 0 Å². The van der Waals surface area contributed by atoms with Crippen LogP contribution in [0, 0.1) is 11.8 Å². The molecule has 0 aromatic rings. The fraction of sp³-hybridized carbons (Fsp3) is 0.948. The molecule has 1 atom stereocenters. The lowest BCUT2D eigenvalue weighted by molar-refractivity contribution is -0.167. The van der Waals surface area contributed by atoms with E-state index < -0.39 is 6.10 Å². The smallest absolute Gasteiger partial charge is 0.306 e. The fourth-order valence-electron chi connectivity index (χ4n) is 8.87. The molecule has 0 aliphatic rings. The Kier molecular flexibility index (Phi) is 49.6. The second-order valence-corrected chi connectivity index (χ2v) is 20.9. The first kappa shape index (κ1) is 62.4. The summed E-state index contributed by atoms with van der Waals surface area (Å²) in [5.41, 5.74) is 0. The molecule has 0 amide bonds. The predicted octanol–water partition coefficient (Wildman–Crippen LogP) is 18.9. The second kappa shape index (κ2) is 50.8. The zero-order valence-electron chi connectivity index (χ0n) is 43.9. The minimum atomic E-state index is -0.762. The molecule has 0 bridgehead atoms. The summed E-state index contributed by atoms with van der Waals surface area (Å²) in [5, 5.41) is 0. The van der Waals surface area contributed by atoms with Crippen LogP contribution in [0.2, 0.25) is 0 Å². The number of carbonyl (C=O) groups excluding carboxylic acids is 3. The van der Waals surface area contributed by atoms with E-state index in [0.717, 1.165) is 69.6 Å². The van der Waals surface area contributed by atoms with Gasteiger partial charge in [0.2, 0.25) is 0 Å². The van der Waals surface area contributed by atoms with Crippen molar-refractivity contribution in [3.8, 4) is 0 Å². The van der Waals surface area contributed by atoms with Crippen molar-refractivity contribution in [2.75, 3.05) is 13.2 Å². The summed E-state index contributed by atoms with van der Waals surface area (Å²) in [4.78, 5) is 38.1. The zero-order chi connectivity index (χ0) is 46.8. The molecule has 0 aliphatic heterocycles. The lowest BCUT2D eigenvalue weighted by Crippen LogP contribution is -2.30. The highest BCUT2D eigenvalue weighted by atomic mass is 16.6. The SMILES string of the molecule is CCCCCCCCCCCCCC(=O)OC[C@@H](COC(=O)CCCCCCCCCCCCCCCCCC(C)C)OC(=O)CCCCCCCCCCCCCCCCC(C)C. The van der Waals surface area contributed by atoms with Gasteiger partial charge in [-0.2, -0.15) is 0 Å². The minimum absolute atomic E-state index is 0.0626. The molecular weight excluding hydrogens is 793 g/mol. The van der Waals surface area contributed by atoms with E-state index in [1.807, 2.05) is 0 Å². The molecule has 6 heteroatoms. The third-order valence-electron chi connectivity index (χ3n) is 13.2. The van der Waals surface area contributed by atoms with Crippen LogP contribution < -0.4 is 0 Å². The van der Waals surface area contributed by atoms with Crippen molar-refractivity contribution < 1.29 is 28.6 Å². The van der Waals surface area contributed by atoms with E-state index in [-0.39, 0.29) is 31.1 Å². The average Bonchev–Trinajstić information content (AvgIpc) is 3.27. The standard InChI is InChI=1S/C58H112O6/c1-6-7-8-9-10-11-21-28-33-38-43-48-56(59)62-51-55(64-58(61)50-45-40-35-30-25-20-16-15-18-23-27-32-37-42-47-54(4)5)52-63-57(60)49-44-39-34-29-24-19-14-12-13-17-22-26-31-36-41-46-53(2)3/h53-55H,6-52H2,1-5H3/t55-/m0/s1. The van der Waals surface area contributed by atoms with Gasteiger partial charge in [0.1, 0.15) is 13.2 Å². The van der Waals surface area contributed by atoms with Crippen LogP contribution in [0.5, 0.6) is 0 Å². The molecule has 0 radical (unpaired) electrons. The number of carbonyl (C=O) groups is 3. The van der Waals surface area contributed by atoms with Crippen LogP contribution in [-0.4, -0.2) is 37.2 Å². The maximum absolute atomic E-state index is 12.8. The number of unbranched alkanes of at least 4 members (excludes halogenated alkanes) is 37. The Morgan fingerprint density at radius 2 is 0.516 bits per heavy atom. The van der Waals surface area contributed by atoms with E-state index in [4.69, 9.17) is 14.2 Å². The van der Waals surface area contributed by atoms with E-state index in [1.54, 1.807) is 0 Å². The van der Waals surface area contributed by atoms with Crippen molar-refractivity contribution in [2.24, 2.45) is 11.8 Å². The molecule has 0 rings (SSSR count). The fourth-order valence-corrected chi connectivity index (χ4v) is 8.87. The van der Waals surface area contributed by atoms with Crippen LogP contribution in [0.25, 0.3) is 0 Å². The van der Waals surface area contributed by atoms with Gasteiger partial charge in [-0.1, -0.05) is 285 Å². The Hall–Kier alpha value is -1.59. The Morgan fingerprint density at radius 1 is 0.297 bits per heavy atom. The molecule has 0 saturated carbocycles. The normalized spacial score (nSPS) is 12.0. The minimum Gasteiger partial charge on any atom is -0.462 e. The van der Waals surface area contributed by atoms with E-state index in [1.165, 1.54) is 212 Å². The van der Waals surface area contributed by atoms with Gasteiger partial charge in [-0.25, -0.2) is 0 Å². The summed E-state index contributed by atoms with van der Waals surface area (Å²) in [6, 6.07) is 0. The molecule has 0 heterocycles. The first-order valence-corrected chi connectivity index (χ1v) is 28.7. The molecular formula is C58H112O6. The maximum atomic E-state index is 12.8. The molecule has 0 fully saturated rings. The van der Waals surface area contributed by atoms with Crippen LogP contribution in [-0.2, 0) is 28.6 Å². The molecule has 0 N–H and O–H groups in total. The van der Waals surface area contributed by atoms with Gasteiger partial charge < -0.3 is 14.2 Å². The highest BCUT2D eigenvalue weighted by molar-refractivity contribution is 5.71. The summed E-state index contributed by atoms with van der Waals surface area (Å²) < 4.78 is 16.9. The highest BCUT2D eigenvalue weighted by Crippen LogP contribution is 2.18. The Labute approximate surface area is 399 Å². The van der Waals surface area contributed by atoms with Gasteiger partial charge in [0.25, 0.3) is 0 Å². The zero-order valence-corrected chi connectivity index (χ0v) is 43.9. The molecule has 380 valence electrons. The van der Waals surface area contributed by atoms with E-state index >= 15 is 0 Å². The first-order valence-electron chi connectivity index (χ1n) is 28.7. The molecule has 64 heavy (non-hydrogen) atoms. The average molecular weight is 906 g/mol. The van der Waals surface area contributed by atoms with Crippen LogP contribution in [0.4, 0.5) is 0 Å². The maximum Gasteiger partial charge on any atom is 0.306 e. The van der Waals surface area contributed by atoms with Crippen LogP contribution in [0.1, 0.15) is 324 Å². The molecule has 0 unspecified atom stereocenters. The third kappa shape index (κ3) is 51.4. The lowest BCUT2D eigenvalue weighted by Gasteiger charge is -2.18. The summed E-state index contributed by atoms with van der Waals surface area (Å²) in [7, 11) is 0. The third-order valence-corrected chi connectivity index (χ3v) is 13.2. The van der Waals surface area contributed by atoms with Crippen molar-refractivity contribution >= 4 is 17.9 Å². The van der Waals surface area contributed by atoms with Crippen molar-refractivity contribution in [1.82, 2.24) is 0 Å². The molecule has 0 spiro atoms. The second-order valence-electron chi connectivity index (χ2n) is 20.9. The highest BCUT2D eigenvalue weighted by Gasteiger charge is 2.19. The molecule has 0 aromatic carbocycles. The van der Waals surface area contributed by atoms with Gasteiger partial charge in [-0.3, -0.25) is 14.4 Å². The van der Waals surface area contributed by atoms with Crippen LogP contribution >= 0.6 is 0 Å². The first-order chi connectivity index (χ1) is 31.2. The van der Waals surface area contributed by atoms with Gasteiger partial charge in [0.15, 0.2) is 6.10 Å². The lowest BCUT2D eigenvalue weighted by atomic mass is 10.0. The van der Waals surface area contributed by atoms with Crippen LogP contribution in [0.15, 0.2) is 0 Å². The van der Waals surface area contributed by atoms with Gasteiger partial charge in [-0.15, -0.1) is 0 Å². The van der Waals surface area contributed by atoms with Crippen molar-refractivity contribution in [2.45, 2.75) is 330 Å². The summed E-state index contributed by atoms with van der Waals surface area (Å²) in [5.74, 6) is 0.853. The van der Waals surface area contributed by atoms with Crippen LogP contribution in [0.3, 0.4) is 0 Å². The van der Waals surface area contributed by atoms with Gasteiger partial charge in [0.05, 0.1) is 0 Å². The van der Waals surface area contributed by atoms with Gasteiger partial charge in [0, 0.05) is 19.3 Å². The number of ether oxygens (including phenoxy) is 3. The summed E-state index contributed by atoms with van der Waals surface area (Å²) in [6.45, 7) is 11.4. The van der Waals surface area contributed by atoms with E-state index in [0.29, 0.717) is 19.3 Å².